The van der Waals surface area contributed by atoms with Crippen LogP contribution in [-0.4, -0.2) is 24.7 Å². The fourth-order valence-corrected chi connectivity index (χ4v) is 3.83. The lowest BCUT2D eigenvalue weighted by molar-refractivity contribution is -0.936. The monoisotopic (exact) mass is 408 g/mol. The predicted octanol–water partition coefficient (Wildman–Crippen LogP) is 3.14. The number of benzene rings is 1. The van der Waals surface area contributed by atoms with Gasteiger partial charge in [-0.05, 0) is 61.8 Å². The van der Waals surface area contributed by atoms with Crippen molar-refractivity contribution in [2.24, 2.45) is 0 Å². The third kappa shape index (κ3) is 4.82. The second kappa shape index (κ2) is 8.65. The van der Waals surface area contributed by atoms with Gasteiger partial charge in [-0.1, -0.05) is 22.0 Å². The van der Waals surface area contributed by atoms with Crippen molar-refractivity contribution in [3.63, 3.8) is 0 Å². The van der Waals surface area contributed by atoms with E-state index in [9.17, 15) is 0 Å². The third-order valence-corrected chi connectivity index (χ3v) is 5.16. The van der Waals surface area contributed by atoms with Gasteiger partial charge in [-0.2, -0.15) is 0 Å². The number of anilines is 1. The smallest absolute Gasteiger partial charge is 0.171 e. The van der Waals surface area contributed by atoms with E-state index in [4.69, 9.17) is 16.6 Å². The normalized spacial score (nSPS) is 16.5. The molecule has 0 unspecified atom stereocenters. The van der Waals surface area contributed by atoms with Gasteiger partial charge in [0.2, 0.25) is 0 Å². The average molecular weight is 409 g/mol. The van der Waals surface area contributed by atoms with Crippen LogP contribution in [0, 0.1) is 0 Å². The molecule has 0 saturated carbocycles. The molecule has 3 N–H and O–H groups in total. The number of hydrogen-bond donors (Lipinski definition) is 3. The summed E-state index contributed by atoms with van der Waals surface area (Å²) in [5.41, 5.74) is 0.974. The lowest BCUT2D eigenvalue weighted by Crippen LogP contribution is -3.13. The highest BCUT2D eigenvalue weighted by molar-refractivity contribution is 9.10. The number of piperidine rings is 1. The Bertz CT molecular complexity index is 656. The SMILES string of the molecule is S=C(NC[C@@H](c1ccco1)[NH+]1CCCCC1)Nc1cccc(Br)c1. The molecule has 6 heteroatoms. The first-order valence-corrected chi connectivity index (χ1v) is 9.61. The molecule has 1 aliphatic heterocycles. The molecule has 0 aliphatic carbocycles. The molecule has 1 fully saturated rings. The summed E-state index contributed by atoms with van der Waals surface area (Å²) in [6.07, 6.45) is 5.66. The Morgan fingerprint density at radius 3 is 2.75 bits per heavy atom. The van der Waals surface area contributed by atoms with E-state index in [1.165, 1.54) is 32.4 Å². The molecule has 2 aromatic rings. The number of quaternary nitrogens is 1. The number of halogens is 1. The van der Waals surface area contributed by atoms with E-state index in [1.54, 1.807) is 11.2 Å². The minimum Gasteiger partial charge on any atom is -0.463 e. The van der Waals surface area contributed by atoms with Gasteiger partial charge in [0.05, 0.1) is 25.9 Å². The Hall–Kier alpha value is -1.37. The van der Waals surface area contributed by atoms with Crippen molar-refractivity contribution in [3.05, 3.63) is 52.9 Å². The van der Waals surface area contributed by atoms with Gasteiger partial charge in [0, 0.05) is 10.2 Å². The number of hydrogen-bond acceptors (Lipinski definition) is 2. The van der Waals surface area contributed by atoms with Gasteiger partial charge in [0.25, 0.3) is 0 Å². The molecule has 1 saturated heterocycles. The minimum absolute atomic E-state index is 0.294. The number of furan rings is 1. The van der Waals surface area contributed by atoms with E-state index in [2.05, 4.69) is 32.6 Å². The second-order valence-electron chi connectivity index (χ2n) is 6.13. The highest BCUT2D eigenvalue weighted by Gasteiger charge is 2.28. The Labute approximate surface area is 156 Å². The van der Waals surface area contributed by atoms with Crippen LogP contribution in [0.1, 0.15) is 31.1 Å². The van der Waals surface area contributed by atoms with E-state index in [0.717, 1.165) is 22.5 Å². The molecule has 1 aromatic heterocycles. The first-order chi connectivity index (χ1) is 11.7. The summed E-state index contributed by atoms with van der Waals surface area (Å²) in [4.78, 5) is 1.58. The van der Waals surface area contributed by atoms with Gasteiger partial charge < -0.3 is 20.0 Å². The van der Waals surface area contributed by atoms with Crippen molar-refractivity contribution in [2.45, 2.75) is 25.3 Å². The highest BCUT2D eigenvalue weighted by atomic mass is 79.9. The Kier molecular flexibility index (Phi) is 6.29. The maximum atomic E-state index is 5.68. The summed E-state index contributed by atoms with van der Waals surface area (Å²) in [5, 5.41) is 7.24. The van der Waals surface area contributed by atoms with Crippen molar-refractivity contribution in [3.8, 4) is 0 Å². The lowest BCUT2D eigenvalue weighted by atomic mass is 10.1. The van der Waals surface area contributed by atoms with E-state index < -0.39 is 0 Å². The summed E-state index contributed by atoms with van der Waals surface area (Å²) >= 11 is 8.92. The molecule has 24 heavy (non-hydrogen) atoms. The van der Waals surface area contributed by atoms with E-state index in [0.29, 0.717) is 11.2 Å². The van der Waals surface area contributed by atoms with Crippen LogP contribution in [0.15, 0.2) is 51.6 Å². The highest BCUT2D eigenvalue weighted by Crippen LogP contribution is 2.16. The number of rotatable bonds is 5. The van der Waals surface area contributed by atoms with Gasteiger partial charge in [-0.3, -0.25) is 0 Å². The summed E-state index contributed by atoms with van der Waals surface area (Å²) in [7, 11) is 0. The molecule has 3 rings (SSSR count). The lowest BCUT2D eigenvalue weighted by Gasteiger charge is -2.30. The molecule has 0 bridgehead atoms. The maximum absolute atomic E-state index is 5.68. The number of likely N-dealkylation sites (tertiary alicyclic amines) is 1. The van der Waals surface area contributed by atoms with Crippen molar-refractivity contribution < 1.29 is 9.32 Å². The first-order valence-electron chi connectivity index (χ1n) is 8.41. The van der Waals surface area contributed by atoms with Crippen LogP contribution < -0.4 is 15.5 Å². The van der Waals surface area contributed by atoms with Gasteiger partial charge in [0.15, 0.2) is 16.9 Å². The third-order valence-electron chi connectivity index (χ3n) is 4.42. The maximum Gasteiger partial charge on any atom is 0.171 e. The fourth-order valence-electron chi connectivity index (χ4n) is 3.23. The summed E-state index contributed by atoms with van der Waals surface area (Å²) in [6, 6.07) is 12.3. The molecule has 2 heterocycles. The van der Waals surface area contributed by atoms with Crippen LogP contribution in [0.3, 0.4) is 0 Å². The van der Waals surface area contributed by atoms with Crippen molar-refractivity contribution in [1.29, 1.82) is 0 Å². The predicted molar refractivity (Wildman–Crippen MR) is 104 cm³/mol. The van der Waals surface area contributed by atoms with E-state index >= 15 is 0 Å². The molecule has 1 aromatic carbocycles. The van der Waals surface area contributed by atoms with Crippen LogP contribution >= 0.6 is 28.1 Å². The molecule has 0 radical (unpaired) electrons. The summed E-state index contributed by atoms with van der Waals surface area (Å²) in [6.45, 7) is 3.15. The van der Waals surface area contributed by atoms with Gasteiger partial charge in [-0.25, -0.2) is 0 Å². The van der Waals surface area contributed by atoms with Gasteiger partial charge in [0.1, 0.15) is 0 Å². The molecule has 0 amide bonds. The Morgan fingerprint density at radius 1 is 1.21 bits per heavy atom. The first kappa shape index (κ1) is 17.5. The Balaban J connectivity index is 1.59. The largest absolute Gasteiger partial charge is 0.463 e. The number of nitrogens with one attached hydrogen (secondary N) is 3. The average Bonchev–Trinajstić information content (AvgIpc) is 3.10. The standard InChI is InChI=1S/C18H22BrN3OS/c19-14-6-4-7-15(12-14)21-18(24)20-13-16(17-8-5-11-23-17)22-9-2-1-3-10-22/h4-8,11-12,16H,1-3,9-10,13H2,(H2,20,21,24)/p+1/t16-/m0/s1. The molecule has 1 aliphatic rings. The molecule has 0 spiro atoms. The van der Waals surface area contributed by atoms with Crippen molar-refractivity contribution in [1.82, 2.24) is 5.32 Å². The van der Waals surface area contributed by atoms with E-state index in [-0.39, 0.29) is 0 Å². The van der Waals surface area contributed by atoms with Crippen LogP contribution in [0.4, 0.5) is 5.69 Å². The van der Waals surface area contributed by atoms with Crippen LogP contribution in [0.5, 0.6) is 0 Å². The molecule has 4 nitrogen and oxygen atoms in total. The molecular formula is C18H23BrN3OS+. The quantitative estimate of drug-likeness (QED) is 0.664. The van der Waals surface area contributed by atoms with Gasteiger partial charge >= 0.3 is 0 Å². The zero-order valence-corrected chi connectivity index (χ0v) is 16.0. The van der Waals surface area contributed by atoms with Crippen molar-refractivity contribution in [2.75, 3.05) is 25.0 Å². The fraction of sp³-hybridized carbons (Fsp3) is 0.389. The summed E-state index contributed by atoms with van der Waals surface area (Å²) in [5.74, 6) is 1.03. The van der Waals surface area contributed by atoms with Crippen LogP contribution in [0.2, 0.25) is 0 Å². The van der Waals surface area contributed by atoms with Crippen LogP contribution in [-0.2, 0) is 0 Å². The number of thiocarbonyl (C=S) groups is 1. The minimum atomic E-state index is 0.294. The van der Waals surface area contributed by atoms with Crippen molar-refractivity contribution >= 4 is 38.9 Å². The second-order valence-corrected chi connectivity index (χ2v) is 7.46. The zero-order valence-electron chi connectivity index (χ0n) is 13.6. The molecular weight excluding hydrogens is 386 g/mol. The molecule has 128 valence electrons. The summed E-state index contributed by atoms with van der Waals surface area (Å²) < 4.78 is 6.71. The zero-order chi connectivity index (χ0) is 16.8. The van der Waals surface area contributed by atoms with Gasteiger partial charge in [-0.15, -0.1) is 0 Å². The topological polar surface area (TPSA) is 41.6 Å². The van der Waals surface area contributed by atoms with Crippen LogP contribution in [0.25, 0.3) is 0 Å². The van der Waals surface area contributed by atoms with E-state index in [1.807, 2.05) is 30.3 Å². The Morgan fingerprint density at radius 2 is 2.04 bits per heavy atom. The molecule has 1 atom stereocenters.